The van der Waals surface area contributed by atoms with E-state index in [1.54, 1.807) is 0 Å². The van der Waals surface area contributed by atoms with Crippen LogP contribution in [-0.2, 0) is 14.4 Å². The Morgan fingerprint density at radius 2 is 1.96 bits per heavy atom. The number of nitrogens with zero attached hydrogens (tertiary/aromatic N) is 1. The number of hydrogen-bond donors (Lipinski definition) is 2. The van der Waals surface area contributed by atoms with E-state index in [2.05, 4.69) is 5.32 Å². The van der Waals surface area contributed by atoms with Crippen molar-refractivity contribution < 1.29 is 19.5 Å². The Labute approximate surface area is 153 Å². The third-order valence-corrected chi connectivity index (χ3v) is 5.55. The van der Waals surface area contributed by atoms with Gasteiger partial charge in [0.2, 0.25) is 11.8 Å². The van der Waals surface area contributed by atoms with Crippen molar-refractivity contribution in [3.63, 3.8) is 0 Å². The van der Waals surface area contributed by atoms with Gasteiger partial charge in [0.15, 0.2) is 0 Å². The molecule has 140 valence electrons. The van der Waals surface area contributed by atoms with Crippen molar-refractivity contribution in [3.05, 3.63) is 35.4 Å². The van der Waals surface area contributed by atoms with Gasteiger partial charge < -0.3 is 15.3 Å². The Bertz CT molecular complexity index is 697. The number of carboxylic acid groups (broad SMARTS) is 1. The first-order valence-electron chi connectivity index (χ1n) is 9.33. The van der Waals surface area contributed by atoms with E-state index in [0.717, 1.165) is 36.8 Å². The number of carbonyl (C=O) groups excluding carboxylic acids is 2. The van der Waals surface area contributed by atoms with Crippen LogP contribution in [0.2, 0.25) is 0 Å². The predicted molar refractivity (Wildman–Crippen MR) is 96.4 cm³/mol. The van der Waals surface area contributed by atoms with Gasteiger partial charge in [-0.25, -0.2) is 0 Å². The van der Waals surface area contributed by atoms with Gasteiger partial charge in [0.05, 0.1) is 18.4 Å². The van der Waals surface area contributed by atoms with E-state index in [9.17, 15) is 19.5 Å². The van der Waals surface area contributed by atoms with Gasteiger partial charge in [0.1, 0.15) is 0 Å². The van der Waals surface area contributed by atoms with E-state index in [1.807, 2.05) is 36.1 Å². The molecule has 2 amide bonds. The zero-order chi connectivity index (χ0) is 18.7. The van der Waals surface area contributed by atoms with Crippen LogP contribution in [0.25, 0.3) is 0 Å². The molecule has 0 spiro atoms. The minimum absolute atomic E-state index is 0.0442. The number of hydrogen-bond acceptors (Lipinski definition) is 3. The highest BCUT2D eigenvalue weighted by Gasteiger charge is 2.39. The first-order chi connectivity index (χ1) is 12.5. The average molecular weight is 358 g/mol. The fraction of sp³-hybridized carbons (Fsp3) is 0.550. The van der Waals surface area contributed by atoms with Crippen LogP contribution in [-0.4, -0.2) is 40.4 Å². The van der Waals surface area contributed by atoms with Crippen LogP contribution in [0.4, 0.5) is 0 Å². The lowest BCUT2D eigenvalue weighted by Gasteiger charge is -2.24. The number of rotatable bonds is 6. The molecule has 6 heteroatoms. The number of aryl methyl sites for hydroxylation is 1. The van der Waals surface area contributed by atoms with E-state index >= 15 is 0 Å². The first kappa shape index (κ1) is 18.4. The summed E-state index contributed by atoms with van der Waals surface area (Å²) in [6, 6.07) is 7.14. The molecule has 3 rings (SSSR count). The Kier molecular flexibility index (Phi) is 5.59. The van der Waals surface area contributed by atoms with Gasteiger partial charge in [-0.1, -0.05) is 37.1 Å². The van der Waals surface area contributed by atoms with Gasteiger partial charge in [0, 0.05) is 19.0 Å². The molecule has 2 fully saturated rings. The minimum atomic E-state index is -0.964. The highest BCUT2D eigenvalue weighted by atomic mass is 16.4. The standard InChI is InChI=1S/C20H26N2O4/c1-13-6-2-5-9-16(13)17(11-19(24)25)21-20(26)14-10-18(23)22(12-14)15-7-3-4-8-15/h2,5-6,9,14-15,17H,3-4,7-8,10-12H2,1H3,(H,21,26)(H,24,25)/t14-,17+/m1/s1. The minimum Gasteiger partial charge on any atom is -0.481 e. The zero-order valence-corrected chi connectivity index (χ0v) is 15.1. The van der Waals surface area contributed by atoms with Crippen LogP contribution in [0.3, 0.4) is 0 Å². The van der Waals surface area contributed by atoms with Crippen molar-refractivity contribution in [2.45, 2.75) is 57.5 Å². The summed E-state index contributed by atoms with van der Waals surface area (Å²) in [5, 5.41) is 12.1. The molecule has 1 aliphatic carbocycles. The highest BCUT2D eigenvalue weighted by molar-refractivity contribution is 5.89. The molecule has 0 radical (unpaired) electrons. The van der Waals surface area contributed by atoms with Crippen LogP contribution >= 0.6 is 0 Å². The molecule has 1 aromatic carbocycles. The maximum Gasteiger partial charge on any atom is 0.305 e. The van der Waals surface area contributed by atoms with Gasteiger partial charge in [0.25, 0.3) is 0 Å². The number of likely N-dealkylation sites (tertiary alicyclic amines) is 1. The number of nitrogens with one attached hydrogen (secondary N) is 1. The summed E-state index contributed by atoms with van der Waals surface area (Å²) in [5.41, 5.74) is 1.74. The second kappa shape index (κ2) is 7.89. The fourth-order valence-electron chi connectivity index (χ4n) is 4.16. The quantitative estimate of drug-likeness (QED) is 0.818. The molecule has 6 nitrogen and oxygen atoms in total. The number of benzene rings is 1. The molecule has 1 aromatic rings. The fourth-order valence-corrected chi connectivity index (χ4v) is 4.16. The summed E-state index contributed by atoms with van der Waals surface area (Å²) < 4.78 is 0. The lowest BCUT2D eigenvalue weighted by molar-refractivity contribution is -0.138. The lowest BCUT2D eigenvalue weighted by Crippen LogP contribution is -2.38. The predicted octanol–water partition coefficient (Wildman–Crippen LogP) is 2.42. The second-order valence-electron chi connectivity index (χ2n) is 7.40. The zero-order valence-electron chi connectivity index (χ0n) is 15.1. The van der Waals surface area contributed by atoms with Crippen molar-refractivity contribution in [3.8, 4) is 0 Å². The molecule has 2 atom stereocenters. The first-order valence-corrected chi connectivity index (χ1v) is 9.33. The molecule has 0 aromatic heterocycles. The van der Waals surface area contributed by atoms with E-state index in [0.29, 0.717) is 6.54 Å². The molecule has 26 heavy (non-hydrogen) atoms. The molecular formula is C20H26N2O4. The van der Waals surface area contributed by atoms with Gasteiger partial charge in [-0.15, -0.1) is 0 Å². The van der Waals surface area contributed by atoms with Crippen LogP contribution in [0.15, 0.2) is 24.3 Å². The largest absolute Gasteiger partial charge is 0.481 e. The van der Waals surface area contributed by atoms with Crippen molar-refractivity contribution in [2.75, 3.05) is 6.54 Å². The van der Waals surface area contributed by atoms with Crippen molar-refractivity contribution in [2.24, 2.45) is 5.92 Å². The molecule has 1 saturated heterocycles. The van der Waals surface area contributed by atoms with Crippen molar-refractivity contribution in [1.29, 1.82) is 0 Å². The molecule has 0 bridgehead atoms. The third kappa shape index (κ3) is 4.06. The van der Waals surface area contributed by atoms with Crippen LogP contribution in [0, 0.1) is 12.8 Å². The summed E-state index contributed by atoms with van der Waals surface area (Å²) in [5.74, 6) is -1.55. The Morgan fingerprint density at radius 1 is 1.27 bits per heavy atom. The highest BCUT2D eigenvalue weighted by Crippen LogP contribution is 2.30. The van der Waals surface area contributed by atoms with E-state index in [4.69, 9.17) is 0 Å². The molecular weight excluding hydrogens is 332 g/mol. The molecule has 1 heterocycles. The summed E-state index contributed by atoms with van der Waals surface area (Å²) in [6.45, 7) is 2.35. The molecule has 2 N–H and O–H groups in total. The summed E-state index contributed by atoms with van der Waals surface area (Å²) in [7, 11) is 0. The van der Waals surface area contributed by atoms with Gasteiger partial charge in [-0.05, 0) is 30.9 Å². The van der Waals surface area contributed by atoms with Gasteiger partial charge in [-0.3, -0.25) is 14.4 Å². The van der Waals surface area contributed by atoms with Crippen molar-refractivity contribution >= 4 is 17.8 Å². The number of carbonyl (C=O) groups is 3. The number of aliphatic carboxylic acids is 1. The smallest absolute Gasteiger partial charge is 0.305 e. The van der Waals surface area contributed by atoms with Crippen LogP contribution < -0.4 is 5.32 Å². The van der Waals surface area contributed by atoms with Gasteiger partial charge >= 0.3 is 5.97 Å². The Morgan fingerprint density at radius 3 is 2.62 bits per heavy atom. The summed E-state index contributed by atoms with van der Waals surface area (Å²) >= 11 is 0. The summed E-state index contributed by atoms with van der Waals surface area (Å²) in [6.07, 6.45) is 4.36. The monoisotopic (exact) mass is 358 g/mol. The maximum atomic E-state index is 12.7. The normalized spacial score (nSPS) is 21.8. The maximum absolute atomic E-state index is 12.7. The SMILES string of the molecule is Cc1ccccc1[C@H](CC(=O)O)NC(=O)[C@@H]1CC(=O)N(C2CCCC2)C1. The second-order valence-corrected chi connectivity index (χ2v) is 7.40. The number of carboxylic acids is 1. The molecule has 1 saturated carbocycles. The lowest BCUT2D eigenvalue weighted by atomic mass is 9.97. The topological polar surface area (TPSA) is 86.7 Å². The van der Waals surface area contributed by atoms with Gasteiger partial charge in [-0.2, -0.15) is 0 Å². The summed E-state index contributed by atoms with van der Waals surface area (Å²) in [4.78, 5) is 38.2. The van der Waals surface area contributed by atoms with Crippen LogP contribution in [0.1, 0.15) is 55.7 Å². The molecule has 1 aliphatic heterocycles. The molecule has 0 unspecified atom stereocenters. The van der Waals surface area contributed by atoms with Crippen molar-refractivity contribution in [1.82, 2.24) is 10.2 Å². The Balaban J connectivity index is 1.69. The van der Waals surface area contributed by atoms with E-state index < -0.39 is 17.9 Å². The number of amides is 2. The Hall–Kier alpha value is -2.37. The molecule has 2 aliphatic rings. The van der Waals surface area contributed by atoms with Crippen LogP contribution in [0.5, 0.6) is 0 Å². The average Bonchev–Trinajstić information content (AvgIpc) is 3.23. The van der Waals surface area contributed by atoms with E-state index in [-0.39, 0.29) is 30.7 Å². The van der Waals surface area contributed by atoms with E-state index in [1.165, 1.54) is 0 Å². The third-order valence-electron chi connectivity index (χ3n) is 5.55.